The average molecular weight is 381 g/mol. The molecule has 0 unspecified atom stereocenters. The number of carbonyl (C=O) groups excluding carboxylic acids is 1. The fourth-order valence-electron chi connectivity index (χ4n) is 2.91. The van der Waals surface area contributed by atoms with Crippen molar-refractivity contribution < 1.29 is 19.4 Å². The van der Waals surface area contributed by atoms with Crippen LogP contribution in [0.5, 0.6) is 11.5 Å². The molecule has 0 aliphatic carbocycles. The topological polar surface area (TPSA) is 96.5 Å². The minimum atomic E-state index is -0.395. The molecule has 0 aliphatic rings. The molecule has 0 spiro atoms. The molecule has 7 heteroatoms. The van der Waals surface area contributed by atoms with Gasteiger partial charge in [0.15, 0.2) is 0 Å². The SMILES string of the molecule is COc1ccc(OC)c(-c2cc(C(=O)N[C@H](CO)Cc3ccccc3)[nH]n2)c1. The van der Waals surface area contributed by atoms with E-state index >= 15 is 0 Å². The Balaban J connectivity index is 1.75. The zero-order valence-electron chi connectivity index (χ0n) is 15.8. The number of nitrogens with zero attached hydrogens (tertiary/aromatic N) is 1. The van der Waals surface area contributed by atoms with Gasteiger partial charge in [0.2, 0.25) is 0 Å². The number of aliphatic hydroxyl groups is 1. The van der Waals surface area contributed by atoms with Gasteiger partial charge in [0.1, 0.15) is 17.2 Å². The number of methoxy groups -OCH3 is 2. The molecule has 0 aliphatic heterocycles. The molecule has 3 aromatic rings. The molecule has 0 radical (unpaired) electrons. The third kappa shape index (κ3) is 4.50. The summed E-state index contributed by atoms with van der Waals surface area (Å²) in [7, 11) is 3.15. The van der Waals surface area contributed by atoms with Crippen LogP contribution in [0, 0.1) is 0 Å². The molecule has 7 nitrogen and oxygen atoms in total. The molecule has 0 saturated carbocycles. The number of nitrogens with one attached hydrogen (secondary N) is 2. The molecule has 0 fully saturated rings. The van der Waals surface area contributed by atoms with Crippen LogP contribution < -0.4 is 14.8 Å². The fraction of sp³-hybridized carbons (Fsp3) is 0.238. The Morgan fingerprint density at radius 2 is 1.93 bits per heavy atom. The zero-order chi connectivity index (χ0) is 19.9. The predicted octanol–water partition coefficient (Wildman–Crippen LogP) is 2.43. The van der Waals surface area contributed by atoms with E-state index in [-0.39, 0.29) is 12.5 Å². The molecule has 3 rings (SSSR count). The Morgan fingerprint density at radius 3 is 2.61 bits per heavy atom. The Kier molecular flexibility index (Phi) is 6.29. The summed E-state index contributed by atoms with van der Waals surface area (Å²) in [6.07, 6.45) is 0.535. The molecular formula is C21H23N3O4. The molecular weight excluding hydrogens is 358 g/mol. The van der Waals surface area contributed by atoms with Gasteiger partial charge in [0.05, 0.1) is 32.6 Å². The fourth-order valence-corrected chi connectivity index (χ4v) is 2.91. The van der Waals surface area contributed by atoms with Gasteiger partial charge < -0.3 is 19.9 Å². The zero-order valence-corrected chi connectivity index (χ0v) is 15.8. The Bertz CT molecular complexity index is 924. The number of aliphatic hydroxyl groups excluding tert-OH is 1. The summed E-state index contributed by atoms with van der Waals surface area (Å²) in [5.41, 5.74) is 2.60. The van der Waals surface area contributed by atoms with Gasteiger partial charge in [0.25, 0.3) is 5.91 Å². The Labute approximate surface area is 163 Å². The summed E-state index contributed by atoms with van der Waals surface area (Å²) in [5, 5.41) is 19.4. The Hall–Kier alpha value is -3.32. The smallest absolute Gasteiger partial charge is 0.269 e. The van der Waals surface area contributed by atoms with Crippen molar-refractivity contribution in [2.24, 2.45) is 0 Å². The monoisotopic (exact) mass is 381 g/mol. The lowest BCUT2D eigenvalue weighted by molar-refractivity contribution is 0.0911. The number of amides is 1. The first kappa shape index (κ1) is 19.4. The van der Waals surface area contributed by atoms with Gasteiger partial charge in [-0.2, -0.15) is 5.10 Å². The number of rotatable bonds is 8. The van der Waals surface area contributed by atoms with Crippen molar-refractivity contribution in [3.05, 3.63) is 65.9 Å². The summed E-state index contributed by atoms with van der Waals surface area (Å²) in [5.74, 6) is 0.945. The van der Waals surface area contributed by atoms with Gasteiger partial charge in [-0.3, -0.25) is 9.89 Å². The molecule has 1 aromatic heterocycles. The van der Waals surface area contributed by atoms with Crippen LogP contribution in [0.1, 0.15) is 16.1 Å². The number of carbonyl (C=O) groups is 1. The van der Waals surface area contributed by atoms with E-state index in [9.17, 15) is 9.90 Å². The van der Waals surface area contributed by atoms with Gasteiger partial charge in [0, 0.05) is 5.56 Å². The summed E-state index contributed by atoms with van der Waals surface area (Å²) < 4.78 is 10.6. The van der Waals surface area contributed by atoms with E-state index in [4.69, 9.17) is 9.47 Å². The van der Waals surface area contributed by atoms with Gasteiger partial charge in [-0.1, -0.05) is 30.3 Å². The molecule has 2 aromatic carbocycles. The van der Waals surface area contributed by atoms with Crippen LogP contribution in [-0.4, -0.2) is 48.1 Å². The maximum atomic E-state index is 12.6. The van der Waals surface area contributed by atoms with E-state index in [0.29, 0.717) is 34.9 Å². The van der Waals surface area contributed by atoms with E-state index in [0.717, 1.165) is 5.56 Å². The lowest BCUT2D eigenvalue weighted by Gasteiger charge is -2.15. The van der Waals surface area contributed by atoms with Gasteiger partial charge in [-0.05, 0) is 36.2 Å². The van der Waals surface area contributed by atoms with Gasteiger partial charge in [-0.25, -0.2) is 0 Å². The van der Waals surface area contributed by atoms with Crippen LogP contribution in [0.25, 0.3) is 11.3 Å². The molecule has 0 saturated heterocycles. The van der Waals surface area contributed by atoms with E-state index in [1.54, 1.807) is 38.5 Å². The van der Waals surface area contributed by atoms with Crippen LogP contribution in [0.4, 0.5) is 0 Å². The molecule has 1 atom stereocenters. The van der Waals surface area contributed by atoms with Crippen molar-refractivity contribution in [2.75, 3.05) is 20.8 Å². The quantitative estimate of drug-likeness (QED) is 0.557. The first-order valence-electron chi connectivity index (χ1n) is 8.88. The standard InChI is InChI=1S/C21H23N3O4/c1-27-16-8-9-20(28-2)17(11-16)18-12-19(24-23-18)21(26)22-15(13-25)10-14-6-4-3-5-7-14/h3-9,11-12,15,25H,10,13H2,1-2H3,(H,22,26)(H,23,24)/t15-/m0/s1. The number of hydrogen-bond donors (Lipinski definition) is 3. The summed E-state index contributed by atoms with van der Waals surface area (Å²) in [6.45, 7) is -0.161. The highest BCUT2D eigenvalue weighted by atomic mass is 16.5. The van der Waals surface area contributed by atoms with Crippen molar-refractivity contribution >= 4 is 5.91 Å². The molecule has 1 heterocycles. The highest BCUT2D eigenvalue weighted by Gasteiger charge is 2.18. The molecule has 146 valence electrons. The Morgan fingerprint density at radius 1 is 1.14 bits per heavy atom. The van der Waals surface area contributed by atoms with Crippen molar-refractivity contribution in [1.82, 2.24) is 15.5 Å². The second-order valence-electron chi connectivity index (χ2n) is 6.28. The van der Waals surface area contributed by atoms with Crippen molar-refractivity contribution in [3.63, 3.8) is 0 Å². The number of ether oxygens (including phenoxy) is 2. The summed E-state index contributed by atoms with van der Waals surface area (Å²) in [4.78, 5) is 12.6. The van der Waals surface area contributed by atoms with Gasteiger partial charge in [-0.15, -0.1) is 0 Å². The van der Waals surface area contributed by atoms with E-state index in [1.807, 2.05) is 30.3 Å². The van der Waals surface area contributed by atoms with E-state index in [2.05, 4.69) is 15.5 Å². The minimum Gasteiger partial charge on any atom is -0.497 e. The third-order valence-electron chi connectivity index (χ3n) is 4.39. The van der Waals surface area contributed by atoms with Crippen LogP contribution in [0.2, 0.25) is 0 Å². The number of aromatic amines is 1. The van der Waals surface area contributed by atoms with Crippen molar-refractivity contribution in [2.45, 2.75) is 12.5 Å². The summed E-state index contributed by atoms with van der Waals surface area (Å²) >= 11 is 0. The predicted molar refractivity (Wildman–Crippen MR) is 106 cm³/mol. The molecule has 1 amide bonds. The highest BCUT2D eigenvalue weighted by molar-refractivity contribution is 5.93. The average Bonchev–Trinajstić information content (AvgIpc) is 3.23. The van der Waals surface area contributed by atoms with E-state index in [1.165, 1.54) is 0 Å². The molecule has 0 bridgehead atoms. The maximum absolute atomic E-state index is 12.6. The van der Waals surface area contributed by atoms with Crippen LogP contribution >= 0.6 is 0 Å². The lowest BCUT2D eigenvalue weighted by atomic mass is 10.1. The molecule has 3 N–H and O–H groups in total. The number of H-pyrrole nitrogens is 1. The third-order valence-corrected chi connectivity index (χ3v) is 4.39. The van der Waals surface area contributed by atoms with Crippen LogP contribution in [-0.2, 0) is 6.42 Å². The normalized spacial score (nSPS) is 11.7. The van der Waals surface area contributed by atoms with Crippen LogP contribution in [0.3, 0.4) is 0 Å². The van der Waals surface area contributed by atoms with Crippen molar-refractivity contribution in [3.8, 4) is 22.8 Å². The first-order valence-corrected chi connectivity index (χ1v) is 8.88. The van der Waals surface area contributed by atoms with Gasteiger partial charge >= 0.3 is 0 Å². The summed E-state index contributed by atoms with van der Waals surface area (Å²) in [6, 6.07) is 16.3. The van der Waals surface area contributed by atoms with Crippen LogP contribution in [0.15, 0.2) is 54.6 Å². The van der Waals surface area contributed by atoms with Crippen molar-refractivity contribution in [1.29, 1.82) is 0 Å². The second kappa shape index (κ2) is 9.05. The first-order chi connectivity index (χ1) is 13.6. The number of hydrogen-bond acceptors (Lipinski definition) is 5. The highest BCUT2D eigenvalue weighted by Crippen LogP contribution is 2.32. The maximum Gasteiger partial charge on any atom is 0.269 e. The molecule has 28 heavy (non-hydrogen) atoms. The number of benzene rings is 2. The van der Waals surface area contributed by atoms with E-state index < -0.39 is 6.04 Å². The number of aromatic nitrogens is 2. The second-order valence-corrected chi connectivity index (χ2v) is 6.28. The lowest BCUT2D eigenvalue weighted by Crippen LogP contribution is -2.39. The largest absolute Gasteiger partial charge is 0.497 e. The minimum absolute atomic E-state index is 0.161.